The van der Waals surface area contributed by atoms with Crippen LogP contribution in [-0.4, -0.2) is 43.1 Å². The number of likely N-dealkylation sites (N-methyl/N-ethyl adjacent to an activating group) is 2. The van der Waals surface area contributed by atoms with Gasteiger partial charge in [-0.3, -0.25) is 9.69 Å². The van der Waals surface area contributed by atoms with E-state index in [2.05, 4.69) is 0 Å². The highest BCUT2D eigenvalue weighted by atomic mass is 19.1. The number of halogens is 1. The third-order valence-electron chi connectivity index (χ3n) is 3.66. The van der Waals surface area contributed by atoms with Crippen LogP contribution in [-0.2, 0) is 4.79 Å². The van der Waals surface area contributed by atoms with Crippen molar-refractivity contribution in [3.63, 3.8) is 0 Å². The van der Waals surface area contributed by atoms with Crippen LogP contribution in [0.4, 0.5) is 10.1 Å². The summed E-state index contributed by atoms with van der Waals surface area (Å²) in [5.74, 6) is -0.404. The molecule has 0 aliphatic heterocycles. The Morgan fingerprint density at radius 1 is 1.09 bits per heavy atom. The number of hydrogen-bond acceptors (Lipinski definition) is 3. The lowest BCUT2D eigenvalue weighted by Crippen LogP contribution is -2.38. The van der Waals surface area contributed by atoms with Gasteiger partial charge < -0.3 is 10.0 Å². The maximum atomic E-state index is 12.9. The molecule has 0 radical (unpaired) electrons. The number of para-hydroxylation sites is 1. The van der Waals surface area contributed by atoms with Gasteiger partial charge in [-0.25, -0.2) is 4.39 Å². The van der Waals surface area contributed by atoms with E-state index in [1.54, 1.807) is 36.0 Å². The van der Waals surface area contributed by atoms with Gasteiger partial charge in [-0.05, 0) is 36.9 Å². The van der Waals surface area contributed by atoms with E-state index in [0.29, 0.717) is 12.1 Å². The van der Waals surface area contributed by atoms with Gasteiger partial charge in [-0.2, -0.15) is 0 Å². The van der Waals surface area contributed by atoms with Gasteiger partial charge in [0.15, 0.2) is 0 Å². The van der Waals surface area contributed by atoms with Crippen molar-refractivity contribution in [1.82, 2.24) is 4.90 Å². The van der Waals surface area contributed by atoms with E-state index in [1.165, 1.54) is 12.1 Å². The highest BCUT2D eigenvalue weighted by Crippen LogP contribution is 2.15. The Kier molecular flexibility index (Phi) is 5.84. The third kappa shape index (κ3) is 4.87. The molecule has 0 saturated carbocycles. The lowest BCUT2D eigenvalue weighted by atomic mass is 10.1. The molecule has 4 nitrogen and oxygen atoms in total. The number of anilines is 1. The van der Waals surface area contributed by atoms with E-state index in [-0.39, 0.29) is 18.3 Å². The van der Waals surface area contributed by atoms with Crippen LogP contribution in [0.2, 0.25) is 0 Å². The summed E-state index contributed by atoms with van der Waals surface area (Å²) in [6, 6.07) is 15.1. The molecule has 2 aromatic carbocycles. The number of carbonyl (C=O) groups excluding carboxylic acids is 1. The molecule has 0 saturated heterocycles. The molecule has 0 bridgehead atoms. The lowest BCUT2D eigenvalue weighted by Gasteiger charge is -2.24. The Bertz CT molecular complexity index is 631. The monoisotopic (exact) mass is 316 g/mol. The summed E-state index contributed by atoms with van der Waals surface area (Å²) >= 11 is 0. The first-order valence-corrected chi connectivity index (χ1v) is 7.41. The molecule has 5 heteroatoms. The molecule has 2 aromatic rings. The second kappa shape index (κ2) is 7.85. The zero-order chi connectivity index (χ0) is 16.8. The van der Waals surface area contributed by atoms with Crippen LogP contribution >= 0.6 is 0 Å². The van der Waals surface area contributed by atoms with Gasteiger partial charge in [0.05, 0.1) is 12.6 Å². The molecule has 0 heterocycles. The van der Waals surface area contributed by atoms with Crippen molar-refractivity contribution in [2.24, 2.45) is 0 Å². The second-order valence-electron chi connectivity index (χ2n) is 5.55. The molecular formula is C18H21FN2O2. The Labute approximate surface area is 135 Å². The normalized spacial score (nSPS) is 12.2. The minimum absolute atomic E-state index is 0.0648. The van der Waals surface area contributed by atoms with Crippen LogP contribution in [0.15, 0.2) is 54.6 Å². The zero-order valence-electron chi connectivity index (χ0n) is 13.3. The second-order valence-corrected chi connectivity index (χ2v) is 5.55. The number of amides is 1. The van der Waals surface area contributed by atoms with Crippen molar-refractivity contribution in [2.75, 3.05) is 32.1 Å². The van der Waals surface area contributed by atoms with Gasteiger partial charge in [0.25, 0.3) is 0 Å². The average molecular weight is 316 g/mol. The Morgan fingerprint density at radius 2 is 1.70 bits per heavy atom. The summed E-state index contributed by atoms with van der Waals surface area (Å²) < 4.78 is 12.9. The lowest BCUT2D eigenvalue weighted by molar-refractivity contribution is -0.119. The fraction of sp³-hybridized carbons (Fsp3) is 0.278. The molecule has 1 amide bonds. The third-order valence-corrected chi connectivity index (χ3v) is 3.66. The van der Waals surface area contributed by atoms with Crippen LogP contribution in [0, 0.1) is 5.82 Å². The first-order chi connectivity index (χ1) is 11.0. The van der Waals surface area contributed by atoms with Gasteiger partial charge in [0.1, 0.15) is 5.82 Å². The fourth-order valence-electron chi connectivity index (χ4n) is 2.28. The largest absolute Gasteiger partial charge is 0.387 e. The number of rotatable bonds is 6. The summed E-state index contributed by atoms with van der Waals surface area (Å²) in [6.45, 7) is 0.476. The molecule has 0 aliphatic carbocycles. The van der Waals surface area contributed by atoms with E-state index in [1.807, 2.05) is 30.3 Å². The number of aliphatic hydroxyl groups excluding tert-OH is 1. The minimum Gasteiger partial charge on any atom is -0.387 e. The molecule has 0 aliphatic rings. The smallest absolute Gasteiger partial charge is 0.240 e. The maximum Gasteiger partial charge on any atom is 0.240 e. The number of carbonyl (C=O) groups is 1. The van der Waals surface area contributed by atoms with E-state index >= 15 is 0 Å². The van der Waals surface area contributed by atoms with Crippen molar-refractivity contribution in [3.05, 3.63) is 66.0 Å². The SMILES string of the molecule is CN(CC(=O)N(C)c1ccccc1)C[C@@H](O)c1ccc(F)cc1. The van der Waals surface area contributed by atoms with Crippen molar-refractivity contribution < 1.29 is 14.3 Å². The average Bonchev–Trinajstić information content (AvgIpc) is 2.55. The zero-order valence-corrected chi connectivity index (χ0v) is 13.3. The van der Waals surface area contributed by atoms with Crippen LogP contribution in [0.25, 0.3) is 0 Å². The Balaban J connectivity index is 1.89. The number of aliphatic hydroxyl groups is 1. The number of hydrogen-bond donors (Lipinski definition) is 1. The standard InChI is InChI=1S/C18H21FN2O2/c1-20(12-17(22)14-8-10-15(19)11-9-14)13-18(23)21(2)16-6-4-3-5-7-16/h3-11,17,22H,12-13H2,1-2H3/t17-/m1/s1. The van der Waals surface area contributed by atoms with Crippen LogP contribution in [0.5, 0.6) is 0 Å². The van der Waals surface area contributed by atoms with Gasteiger partial charge in [0, 0.05) is 19.3 Å². The number of nitrogens with zero attached hydrogens (tertiary/aromatic N) is 2. The summed E-state index contributed by atoms with van der Waals surface area (Å²) in [6.07, 6.45) is -0.768. The molecule has 0 aromatic heterocycles. The first-order valence-electron chi connectivity index (χ1n) is 7.41. The molecule has 122 valence electrons. The Hall–Kier alpha value is -2.24. The minimum atomic E-state index is -0.768. The van der Waals surface area contributed by atoms with E-state index < -0.39 is 6.10 Å². The van der Waals surface area contributed by atoms with E-state index in [9.17, 15) is 14.3 Å². The van der Waals surface area contributed by atoms with E-state index in [4.69, 9.17) is 0 Å². The van der Waals surface area contributed by atoms with Crippen molar-refractivity contribution in [1.29, 1.82) is 0 Å². The van der Waals surface area contributed by atoms with Crippen LogP contribution in [0.1, 0.15) is 11.7 Å². The maximum absolute atomic E-state index is 12.9. The van der Waals surface area contributed by atoms with Crippen LogP contribution < -0.4 is 4.90 Å². The van der Waals surface area contributed by atoms with Gasteiger partial charge in [-0.15, -0.1) is 0 Å². The highest BCUT2D eigenvalue weighted by molar-refractivity contribution is 5.94. The van der Waals surface area contributed by atoms with E-state index in [0.717, 1.165) is 5.69 Å². The van der Waals surface area contributed by atoms with Crippen LogP contribution in [0.3, 0.4) is 0 Å². The highest BCUT2D eigenvalue weighted by Gasteiger charge is 2.16. The molecule has 0 unspecified atom stereocenters. The van der Waals surface area contributed by atoms with Gasteiger partial charge in [0.2, 0.25) is 5.91 Å². The predicted octanol–water partition coefficient (Wildman–Crippen LogP) is 2.45. The molecule has 23 heavy (non-hydrogen) atoms. The van der Waals surface area contributed by atoms with Crippen molar-refractivity contribution in [3.8, 4) is 0 Å². The predicted molar refractivity (Wildman–Crippen MR) is 88.7 cm³/mol. The fourth-order valence-corrected chi connectivity index (χ4v) is 2.28. The Morgan fingerprint density at radius 3 is 2.30 bits per heavy atom. The summed E-state index contributed by atoms with van der Waals surface area (Å²) in [5.41, 5.74) is 1.45. The summed E-state index contributed by atoms with van der Waals surface area (Å²) in [7, 11) is 3.49. The molecule has 0 fully saturated rings. The molecule has 1 atom stereocenters. The molecule has 1 N–H and O–H groups in total. The quantitative estimate of drug-likeness (QED) is 0.890. The van der Waals surface area contributed by atoms with Gasteiger partial charge >= 0.3 is 0 Å². The number of benzene rings is 2. The topological polar surface area (TPSA) is 43.8 Å². The first kappa shape index (κ1) is 17.1. The molecular weight excluding hydrogens is 295 g/mol. The molecule has 2 rings (SSSR count). The van der Waals surface area contributed by atoms with Gasteiger partial charge in [-0.1, -0.05) is 30.3 Å². The van der Waals surface area contributed by atoms with Crippen molar-refractivity contribution in [2.45, 2.75) is 6.10 Å². The van der Waals surface area contributed by atoms with Crippen molar-refractivity contribution >= 4 is 11.6 Å². The summed E-state index contributed by atoms with van der Waals surface area (Å²) in [5, 5.41) is 10.2. The molecule has 0 spiro atoms. The summed E-state index contributed by atoms with van der Waals surface area (Å²) in [4.78, 5) is 15.6.